The van der Waals surface area contributed by atoms with Crippen molar-refractivity contribution in [2.45, 2.75) is 11.1 Å². The summed E-state index contributed by atoms with van der Waals surface area (Å²) in [5.41, 5.74) is -0.0457. The number of anilines is 1. The minimum atomic E-state index is -3.76. The van der Waals surface area contributed by atoms with Crippen molar-refractivity contribution in [3.05, 3.63) is 28.1 Å². The van der Waals surface area contributed by atoms with Gasteiger partial charge in [-0.2, -0.15) is 0 Å². The lowest BCUT2D eigenvalue weighted by molar-refractivity contribution is 0.0697. The summed E-state index contributed by atoms with van der Waals surface area (Å²) in [7, 11) is -3.76. The minimum Gasteiger partial charge on any atom is -0.478 e. The van der Waals surface area contributed by atoms with E-state index in [-0.39, 0.29) is 14.9 Å². The predicted molar refractivity (Wildman–Crippen MR) is 68.9 cm³/mol. The molecule has 2 aromatic rings. The van der Waals surface area contributed by atoms with Crippen LogP contribution in [0.4, 0.5) is 5.13 Å². The number of thiazole rings is 1. The first-order valence-corrected chi connectivity index (χ1v) is 7.83. The Hall–Kier alpha value is -1.45. The molecule has 6 nitrogen and oxygen atoms in total. The lowest BCUT2D eigenvalue weighted by Gasteiger charge is -2.01. The van der Waals surface area contributed by atoms with E-state index in [0.717, 1.165) is 22.3 Å². The number of rotatable bonds is 4. The molecule has 0 atom stereocenters. The average molecular weight is 304 g/mol. The molecule has 0 bridgehead atoms. The molecule has 0 aliphatic heterocycles. The van der Waals surface area contributed by atoms with Crippen molar-refractivity contribution in [3.8, 4) is 0 Å². The number of carbonyl (C=O) groups is 1. The van der Waals surface area contributed by atoms with Crippen LogP contribution in [-0.4, -0.2) is 24.5 Å². The number of carboxylic acids is 1. The Balaban J connectivity index is 2.27. The number of aromatic carboxylic acids is 1. The van der Waals surface area contributed by atoms with Crippen LogP contribution in [0.3, 0.4) is 0 Å². The number of nitrogens with zero attached hydrogens (tertiary/aromatic N) is 1. The zero-order valence-corrected chi connectivity index (χ0v) is 11.5. The SMILES string of the molecule is Cc1cnc(NS(=O)(=O)c2cc(C(=O)O)cs2)s1. The molecule has 9 heteroatoms. The maximum Gasteiger partial charge on any atom is 0.336 e. The third-order valence-electron chi connectivity index (χ3n) is 1.93. The van der Waals surface area contributed by atoms with Gasteiger partial charge in [0.2, 0.25) is 0 Å². The lowest BCUT2D eigenvalue weighted by atomic mass is 10.4. The third-order valence-corrected chi connectivity index (χ3v) is 5.67. The van der Waals surface area contributed by atoms with Crippen LogP contribution in [-0.2, 0) is 10.0 Å². The highest BCUT2D eigenvalue weighted by molar-refractivity contribution is 7.94. The van der Waals surface area contributed by atoms with E-state index >= 15 is 0 Å². The molecule has 0 amide bonds. The molecule has 0 spiro atoms. The Morgan fingerprint density at radius 3 is 2.72 bits per heavy atom. The fraction of sp³-hybridized carbons (Fsp3) is 0.111. The molecule has 2 N–H and O–H groups in total. The molecular formula is C9H8N2O4S3. The maximum atomic E-state index is 11.9. The van der Waals surface area contributed by atoms with Crippen molar-refractivity contribution in [2.24, 2.45) is 0 Å². The zero-order chi connectivity index (χ0) is 13.3. The molecule has 0 aromatic carbocycles. The molecule has 0 aliphatic carbocycles. The summed E-state index contributed by atoms with van der Waals surface area (Å²) in [4.78, 5) is 15.4. The molecule has 0 saturated carbocycles. The summed E-state index contributed by atoms with van der Waals surface area (Å²) >= 11 is 2.07. The van der Waals surface area contributed by atoms with Gasteiger partial charge >= 0.3 is 5.97 Å². The Kier molecular flexibility index (Phi) is 3.37. The molecule has 0 fully saturated rings. The number of hydrogen-bond acceptors (Lipinski definition) is 6. The number of thiophene rings is 1. The normalized spacial score (nSPS) is 11.4. The fourth-order valence-corrected chi connectivity index (χ4v) is 4.20. The van der Waals surface area contributed by atoms with Gasteiger partial charge in [0.25, 0.3) is 10.0 Å². The molecule has 0 aliphatic rings. The molecular weight excluding hydrogens is 296 g/mol. The third kappa shape index (κ3) is 2.68. The summed E-state index contributed by atoms with van der Waals surface area (Å²) in [6.07, 6.45) is 1.56. The smallest absolute Gasteiger partial charge is 0.336 e. The maximum absolute atomic E-state index is 11.9. The zero-order valence-electron chi connectivity index (χ0n) is 9.08. The number of nitrogens with one attached hydrogen (secondary N) is 1. The van der Waals surface area contributed by atoms with Gasteiger partial charge < -0.3 is 5.11 Å². The highest BCUT2D eigenvalue weighted by atomic mass is 32.2. The van der Waals surface area contributed by atoms with Gasteiger partial charge in [0, 0.05) is 16.5 Å². The fourth-order valence-electron chi connectivity index (χ4n) is 1.14. The highest BCUT2D eigenvalue weighted by Gasteiger charge is 2.20. The van der Waals surface area contributed by atoms with Gasteiger partial charge in [-0.15, -0.1) is 22.7 Å². The Morgan fingerprint density at radius 1 is 1.50 bits per heavy atom. The van der Waals surface area contributed by atoms with E-state index in [9.17, 15) is 13.2 Å². The molecule has 0 radical (unpaired) electrons. The van der Waals surface area contributed by atoms with Crippen LogP contribution in [0, 0.1) is 6.92 Å². The van der Waals surface area contributed by atoms with Crippen molar-refractivity contribution >= 4 is 43.8 Å². The summed E-state index contributed by atoms with van der Waals surface area (Å²) in [5.74, 6) is -1.15. The number of carboxylic acid groups (broad SMARTS) is 1. The second kappa shape index (κ2) is 4.67. The molecule has 0 unspecified atom stereocenters. The summed E-state index contributed by atoms with van der Waals surface area (Å²) in [6.45, 7) is 1.81. The van der Waals surface area contributed by atoms with Crippen molar-refractivity contribution in [1.29, 1.82) is 0 Å². The van der Waals surface area contributed by atoms with E-state index in [1.54, 1.807) is 6.20 Å². The first-order valence-electron chi connectivity index (χ1n) is 4.65. The van der Waals surface area contributed by atoms with Gasteiger partial charge in [0.15, 0.2) is 5.13 Å². The van der Waals surface area contributed by atoms with Crippen LogP contribution >= 0.6 is 22.7 Å². The van der Waals surface area contributed by atoms with E-state index in [4.69, 9.17) is 5.11 Å². The van der Waals surface area contributed by atoms with E-state index in [1.165, 1.54) is 16.7 Å². The van der Waals surface area contributed by atoms with E-state index in [2.05, 4.69) is 9.71 Å². The quantitative estimate of drug-likeness (QED) is 0.900. The summed E-state index contributed by atoms with van der Waals surface area (Å²) in [5, 5.41) is 10.3. The van der Waals surface area contributed by atoms with Gasteiger partial charge in [0.1, 0.15) is 4.21 Å². The number of sulfonamides is 1. The van der Waals surface area contributed by atoms with Gasteiger partial charge in [-0.1, -0.05) is 0 Å². The van der Waals surface area contributed by atoms with E-state index in [1.807, 2.05) is 6.92 Å². The number of aromatic nitrogens is 1. The minimum absolute atomic E-state index is 0.0457. The number of aryl methyl sites for hydroxylation is 1. The molecule has 2 heterocycles. The number of hydrogen-bond donors (Lipinski definition) is 2. The van der Waals surface area contributed by atoms with Crippen molar-refractivity contribution in [3.63, 3.8) is 0 Å². The Morgan fingerprint density at radius 2 is 2.22 bits per heavy atom. The second-order valence-corrected chi connectivity index (χ2v) is 7.40. The van der Waals surface area contributed by atoms with Gasteiger partial charge in [-0.3, -0.25) is 4.72 Å². The lowest BCUT2D eigenvalue weighted by Crippen LogP contribution is -2.11. The second-order valence-electron chi connectivity index (χ2n) is 3.34. The van der Waals surface area contributed by atoms with Crippen LogP contribution in [0.25, 0.3) is 0 Å². The van der Waals surface area contributed by atoms with E-state index < -0.39 is 16.0 Å². The van der Waals surface area contributed by atoms with Crippen LogP contribution in [0.15, 0.2) is 21.9 Å². The van der Waals surface area contributed by atoms with Crippen LogP contribution in [0.1, 0.15) is 15.2 Å². The van der Waals surface area contributed by atoms with Crippen molar-refractivity contribution < 1.29 is 18.3 Å². The average Bonchev–Trinajstić information content (AvgIpc) is 2.86. The largest absolute Gasteiger partial charge is 0.478 e. The predicted octanol–water partition coefficient (Wildman–Crippen LogP) is 2.01. The van der Waals surface area contributed by atoms with Gasteiger partial charge in [0.05, 0.1) is 5.56 Å². The van der Waals surface area contributed by atoms with Crippen LogP contribution < -0.4 is 4.72 Å². The topological polar surface area (TPSA) is 96.4 Å². The molecule has 2 aromatic heterocycles. The van der Waals surface area contributed by atoms with E-state index in [0.29, 0.717) is 0 Å². The van der Waals surface area contributed by atoms with Gasteiger partial charge in [-0.25, -0.2) is 18.2 Å². The molecule has 18 heavy (non-hydrogen) atoms. The summed E-state index contributed by atoms with van der Waals surface area (Å²) < 4.78 is 26.1. The van der Waals surface area contributed by atoms with Crippen LogP contribution in [0.5, 0.6) is 0 Å². The Bertz CT molecular complexity index is 686. The molecule has 96 valence electrons. The first-order chi connectivity index (χ1) is 8.38. The first kappa shape index (κ1) is 13.0. The Labute approximate surface area is 111 Å². The molecule has 2 rings (SSSR count). The van der Waals surface area contributed by atoms with Crippen molar-refractivity contribution in [2.75, 3.05) is 4.72 Å². The highest BCUT2D eigenvalue weighted by Crippen LogP contribution is 2.25. The van der Waals surface area contributed by atoms with Crippen LogP contribution in [0.2, 0.25) is 0 Å². The standard InChI is InChI=1S/C9H8N2O4S3/c1-5-3-10-9(17-5)11-18(14,15)7-2-6(4-16-7)8(12)13/h2-4H,1H3,(H,10,11)(H,12,13). The summed E-state index contributed by atoms with van der Waals surface area (Å²) in [6, 6.07) is 1.12. The molecule has 0 saturated heterocycles. The monoisotopic (exact) mass is 304 g/mol. The van der Waals surface area contributed by atoms with Crippen molar-refractivity contribution in [1.82, 2.24) is 4.98 Å². The van der Waals surface area contributed by atoms with Gasteiger partial charge in [-0.05, 0) is 13.0 Å².